The lowest BCUT2D eigenvalue weighted by atomic mass is 10.1. The summed E-state index contributed by atoms with van der Waals surface area (Å²) >= 11 is 0. The normalized spacial score (nSPS) is 12.3. The zero-order valence-corrected chi connectivity index (χ0v) is 10.9. The molecular weight excluding hydrogens is 312 g/mol. The van der Waals surface area contributed by atoms with Crippen molar-refractivity contribution in [3.05, 3.63) is 32.3 Å². The van der Waals surface area contributed by atoms with Crippen molar-refractivity contribution in [2.24, 2.45) is 0 Å². The average molecular weight is 324 g/mol. The van der Waals surface area contributed by atoms with Crippen LogP contribution in [0, 0.1) is 10.1 Å². The van der Waals surface area contributed by atoms with Crippen LogP contribution < -0.4 is 5.82 Å². The third-order valence-electron chi connectivity index (χ3n) is 2.38. The molecule has 0 aliphatic carbocycles. The van der Waals surface area contributed by atoms with Gasteiger partial charge < -0.3 is 18.8 Å². The molecule has 0 aromatic carbocycles. The lowest BCUT2D eigenvalue weighted by molar-refractivity contribution is -0.760. The van der Waals surface area contributed by atoms with Crippen LogP contribution >= 0.6 is 0 Å². The smallest absolute Gasteiger partial charge is 0.475 e. The van der Waals surface area contributed by atoms with Gasteiger partial charge in [0.1, 0.15) is 12.7 Å². The van der Waals surface area contributed by atoms with Gasteiger partial charge in [-0.15, -0.1) is 10.1 Å². The number of aromatic carboxylic acids is 1. The largest absolute Gasteiger partial charge is 0.519 e. The first-order valence-electron chi connectivity index (χ1n) is 5.77. The molecule has 0 spiro atoms. The van der Waals surface area contributed by atoms with E-state index in [1.54, 1.807) is 0 Å². The topological polar surface area (TPSA) is 186 Å². The third kappa shape index (κ3) is 5.88. The molecule has 0 amide bonds. The molecule has 13 heteroatoms. The van der Waals surface area contributed by atoms with E-state index < -0.39 is 40.7 Å². The van der Waals surface area contributed by atoms with E-state index in [2.05, 4.69) is 18.5 Å². The van der Waals surface area contributed by atoms with Gasteiger partial charge >= 0.3 is 11.8 Å². The number of carboxylic acid groups (broad SMARTS) is 1. The zero-order chi connectivity index (χ0) is 16.7. The van der Waals surface area contributed by atoms with Gasteiger partial charge in [0.15, 0.2) is 5.76 Å². The summed E-state index contributed by atoms with van der Waals surface area (Å²) in [6.07, 6.45) is -1.03. The average Bonchev–Trinajstić information content (AvgIpc) is 2.76. The Morgan fingerprint density at radius 3 is 2.64 bits per heavy atom. The number of hydrogen-bond donors (Lipinski definition) is 3. The highest BCUT2D eigenvalue weighted by Gasteiger charge is 2.21. The van der Waals surface area contributed by atoms with Gasteiger partial charge in [-0.3, -0.25) is 10.4 Å². The molecule has 1 unspecified atom stereocenters. The van der Waals surface area contributed by atoms with Crippen molar-refractivity contribution in [2.75, 3.05) is 6.61 Å². The van der Waals surface area contributed by atoms with Gasteiger partial charge in [0, 0.05) is 6.42 Å². The molecule has 22 heavy (non-hydrogen) atoms. The fourth-order valence-electron chi connectivity index (χ4n) is 1.57. The Bertz CT molecular complexity index is 562. The van der Waals surface area contributed by atoms with Crippen molar-refractivity contribution < 1.29 is 43.9 Å². The Hall–Kier alpha value is -2.48. The lowest BCUT2D eigenvalue weighted by Crippen LogP contribution is -2.29. The van der Waals surface area contributed by atoms with Crippen molar-refractivity contribution in [1.29, 1.82) is 0 Å². The van der Waals surface area contributed by atoms with Gasteiger partial charge in [0.05, 0.1) is 5.39 Å². The first kappa shape index (κ1) is 17.6. The first-order chi connectivity index (χ1) is 10.3. The maximum absolute atomic E-state index is 10.8. The molecular formula is C9H12N2O11. The monoisotopic (exact) mass is 324 g/mol. The number of rotatable bonds is 10. The molecule has 13 nitrogen and oxygen atoms in total. The van der Waals surface area contributed by atoms with Gasteiger partial charge in [-0.25, -0.2) is 14.4 Å². The van der Waals surface area contributed by atoms with Crippen LogP contribution in [0.2, 0.25) is 0 Å². The number of carbonyl (C=O) groups is 1. The Morgan fingerprint density at radius 2 is 2.09 bits per heavy atom. The van der Waals surface area contributed by atoms with Crippen LogP contribution in [0.15, 0.2) is 13.6 Å². The van der Waals surface area contributed by atoms with Crippen molar-refractivity contribution in [2.45, 2.75) is 25.4 Å². The van der Waals surface area contributed by atoms with Crippen molar-refractivity contribution in [3.63, 3.8) is 0 Å². The summed E-state index contributed by atoms with van der Waals surface area (Å²) in [5.74, 6) is -3.51. The molecule has 0 bridgehead atoms. The highest BCUT2D eigenvalue weighted by Crippen LogP contribution is 2.13. The highest BCUT2D eigenvalue weighted by molar-refractivity contribution is 5.85. The Morgan fingerprint density at radius 1 is 1.41 bits per heavy atom. The first-order valence-corrected chi connectivity index (χ1v) is 5.77. The fourth-order valence-corrected chi connectivity index (χ4v) is 1.57. The minimum absolute atomic E-state index is 0.000586. The number of aryl methyl sites for hydroxylation is 1. The molecule has 1 rings (SSSR count). The molecule has 124 valence electrons. The summed E-state index contributed by atoms with van der Waals surface area (Å²) in [7, 11) is 0. The fraction of sp³-hybridized carbons (Fsp3) is 0.556. The van der Waals surface area contributed by atoms with Crippen LogP contribution in [-0.2, 0) is 16.1 Å². The number of nitrogens with zero attached hydrogens (tertiary/aromatic N) is 2. The zero-order valence-electron chi connectivity index (χ0n) is 10.9. The van der Waals surface area contributed by atoms with Gasteiger partial charge in [0.2, 0.25) is 0 Å². The minimum atomic E-state index is -1.48. The SMILES string of the molecule is O=C(O)c1oc(=O)oc1CCCC(CO[N+](=O)[O-])ON(O)O. The molecule has 0 radical (unpaired) electrons. The van der Waals surface area contributed by atoms with E-state index in [1.807, 2.05) is 0 Å². The van der Waals surface area contributed by atoms with E-state index in [9.17, 15) is 19.7 Å². The molecule has 0 saturated heterocycles. The molecule has 1 aromatic rings. The van der Waals surface area contributed by atoms with E-state index in [0.717, 1.165) is 0 Å². The van der Waals surface area contributed by atoms with Crippen LogP contribution in [0.1, 0.15) is 29.2 Å². The standard InChI is InChI=1S/C9H12N2O11/c12-8(13)7-6(20-9(14)21-7)3-1-2-5(22-11(17)18)4-19-10(15)16/h5,17-18H,1-4H2,(H,12,13). The van der Waals surface area contributed by atoms with Crippen molar-refractivity contribution >= 4 is 5.97 Å². The van der Waals surface area contributed by atoms with Gasteiger partial charge in [0.25, 0.3) is 10.8 Å². The summed E-state index contributed by atoms with van der Waals surface area (Å²) in [6.45, 7) is -0.592. The van der Waals surface area contributed by atoms with E-state index >= 15 is 0 Å². The van der Waals surface area contributed by atoms with Gasteiger partial charge in [-0.2, -0.15) is 0 Å². The Kier molecular flexibility index (Phi) is 6.46. The molecule has 0 aliphatic rings. The van der Waals surface area contributed by atoms with E-state index in [4.69, 9.17) is 15.5 Å². The summed E-state index contributed by atoms with van der Waals surface area (Å²) < 4.78 is 8.87. The minimum Gasteiger partial charge on any atom is -0.475 e. The molecule has 0 aliphatic heterocycles. The van der Waals surface area contributed by atoms with E-state index in [0.29, 0.717) is 0 Å². The lowest BCUT2D eigenvalue weighted by Gasteiger charge is -2.17. The van der Waals surface area contributed by atoms with Crippen LogP contribution in [-0.4, -0.2) is 44.7 Å². The van der Waals surface area contributed by atoms with Crippen LogP contribution in [0.4, 0.5) is 0 Å². The molecule has 1 heterocycles. The van der Waals surface area contributed by atoms with Crippen LogP contribution in [0.5, 0.6) is 0 Å². The van der Waals surface area contributed by atoms with E-state index in [-0.39, 0.29) is 25.0 Å². The quantitative estimate of drug-likeness (QED) is 0.382. The van der Waals surface area contributed by atoms with Crippen LogP contribution in [0.25, 0.3) is 0 Å². The maximum atomic E-state index is 10.8. The predicted molar refractivity (Wildman–Crippen MR) is 60.4 cm³/mol. The van der Waals surface area contributed by atoms with Crippen molar-refractivity contribution in [3.8, 4) is 0 Å². The van der Waals surface area contributed by atoms with Gasteiger partial charge in [-0.05, 0) is 12.8 Å². The highest BCUT2D eigenvalue weighted by atomic mass is 17.1. The molecule has 1 atom stereocenters. The Balaban J connectivity index is 2.56. The number of carboxylic acids is 1. The molecule has 0 fully saturated rings. The maximum Gasteiger partial charge on any atom is 0.519 e. The summed E-state index contributed by atoms with van der Waals surface area (Å²) in [5, 5.41) is 34.1. The number of hydrogen-bond acceptors (Lipinski definition) is 11. The summed E-state index contributed by atoms with van der Waals surface area (Å²) in [4.78, 5) is 40.1. The summed E-state index contributed by atoms with van der Waals surface area (Å²) in [6, 6.07) is 0. The van der Waals surface area contributed by atoms with Crippen LogP contribution in [0.3, 0.4) is 0 Å². The predicted octanol–water partition coefficient (Wildman–Crippen LogP) is -0.157. The van der Waals surface area contributed by atoms with E-state index in [1.165, 1.54) is 0 Å². The molecule has 3 N–H and O–H groups in total. The molecule has 0 saturated carbocycles. The second kappa shape index (κ2) is 8.08. The van der Waals surface area contributed by atoms with Crippen molar-refractivity contribution in [1.82, 2.24) is 5.39 Å². The second-order valence-electron chi connectivity index (χ2n) is 3.90. The summed E-state index contributed by atoms with van der Waals surface area (Å²) in [5.41, 5.74) is 0. The molecule has 1 aromatic heterocycles. The second-order valence-corrected chi connectivity index (χ2v) is 3.90. The van der Waals surface area contributed by atoms with Gasteiger partial charge in [-0.1, -0.05) is 0 Å². The Labute approximate surface area is 120 Å². The third-order valence-corrected chi connectivity index (χ3v) is 2.38.